The van der Waals surface area contributed by atoms with Crippen LogP contribution in [0.5, 0.6) is 0 Å². The van der Waals surface area contributed by atoms with E-state index in [9.17, 15) is 4.79 Å². The zero-order valence-corrected chi connectivity index (χ0v) is 15.2. The molecule has 0 aliphatic carbocycles. The second-order valence-electron chi connectivity index (χ2n) is 6.51. The second kappa shape index (κ2) is 9.33. The first-order valence-electron chi connectivity index (χ1n) is 9.17. The normalized spacial score (nSPS) is 17.7. The number of nitrogens with one attached hydrogen (secondary N) is 1. The molecule has 2 heterocycles. The van der Waals surface area contributed by atoms with Crippen molar-refractivity contribution in [3.05, 3.63) is 47.6 Å². The van der Waals surface area contributed by atoms with E-state index >= 15 is 0 Å². The van der Waals surface area contributed by atoms with E-state index in [2.05, 4.69) is 27.6 Å². The number of nitrogens with zero attached hydrogens (tertiary/aromatic N) is 3. The topological polar surface area (TPSA) is 80.5 Å². The Balaban J connectivity index is 1.62. The second-order valence-corrected chi connectivity index (χ2v) is 6.51. The highest BCUT2D eigenvalue weighted by atomic mass is 16.5. The average Bonchev–Trinajstić information content (AvgIpc) is 2.98. The molecule has 0 radical (unpaired) electrons. The van der Waals surface area contributed by atoms with Gasteiger partial charge in [-0.2, -0.15) is 4.98 Å². The van der Waals surface area contributed by atoms with E-state index in [1.807, 2.05) is 23.1 Å². The van der Waals surface area contributed by atoms with Gasteiger partial charge in [-0.25, -0.2) is 4.79 Å². The minimum Gasteiger partial charge on any atom is -0.377 e. The first-order chi connectivity index (χ1) is 12.8. The lowest BCUT2D eigenvalue weighted by molar-refractivity contribution is 0.158. The van der Waals surface area contributed by atoms with Crippen molar-refractivity contribution >= 4 is 6.03 Å². The maximum Gasteiger partial charge on any atom is 0.318 e. The van der Waals surface area contributed by atoms with Crippen LogP contribution < -0.4 is 5.32 Å². The molecule has 0 spiro atoms. The number of urea groups is 1. The van der Waals surface area contributed by atoms with Crippen LogP contribution >= 0.6 is 0 Å². The molecule has 1 aliphatic rings. The Bertz CT molecular complexity index is 689. The summed E-state index contributed by atoms with van der Waals surface area (Å²) in [6.45, 7) is 1.61. The predicted molar refractivity (Wildman–Crippen MR) is 96.5 cm³/mol. The third kappa shape index (κ3) is 4.82. The first kappa shape index (κ1) is 18.4. The molecule has 140 valence electrons. The van der Waals surface area contributed by atoms with Gasteiger partial charge in [-0.3, -0.25) is 0 Å². The van der Waals surface area contributed by atoms with E-state index in [1.54, 1.807) is 7.11 Å². The highest BCUT2D eigenvalue weighted by Crippen LogP contribution is 2.29. The van der Waals surface area contributed by atoms with E-state index in [-0.39, 0.29) is 12.1 Å². The van der Waals surface area contributed by atoms with Crippen molar-refractivity contribution in [1.82, 2.24) is 20.4 Å². The molecule has 1 atom stereocenters. The maximum absolute atomic E-state index is 12.8. The lowest BCUT2D eigenvalue weighted by atomic mass is 10.1. The molecule has 1 unspecified atom stereocenters. The molecule has 0 saturated carbocycles. The van der Waals surface area contributed by atoms with Gasteiger partial charge in [-0.15, -0.1) is 0 Å². The summed E-state index contributed by atoms with van der Waals surface area (Å²) in [5, 5.41) is 6.97. The number of rotatable bonds is 6. The van der Waals surface area contributed by atoms with Crippen LogP contribution in [0.4, 0.5) is 4.79 Å². The van der Waals surface area contributed by atoms with Crippen molar-refractivity contribution in [3.8, 4) is 0 Å². The zero-order chi connectivity index (χ0) is 18.2. The number of methoxy groups -OCH3 is 1. The summed E-state index contributed by atoms with van der Waals surface area (Å²) < 4.78 is 10.4. The van der Waals surface area contributed by atoms with Crippen LogP contribution in [0.1, 0.15) is 49.0 Å². The maximum atomic E-state index is 12.8. The summed E-state index contributed by atoms with van der Waals surface area (Å²) in [5.41, 5.74) is 1.21. The van der Waals surface area contributed by atoms with Crippen molar-refractivity contribution in [2.75, 3.05) is 20.2 Å². The molecule has 2 amide bonds. The molecule has 2 aromatic rings. The van der Waals surface area contributed by atoms with Crippen LogP contribution in [-0.2, 0) is 17.8 Å². The largest absolute Gasteiger partial charge is 0.377 e. The number of carbonyl (C=O) groups excluding carboxylic acids is 1. The van der Waals surface area contributed by atoms with Gasteiger partial charge in [0.2, 0.25) is 5.89 Å². The minimum atomic E-state index is -0.174. The van der Waals surface area contributed by atoms with E-state index in [1.165, 1.54) is 5.56 Å². The summed E-state index contributed by atoms with van der Waals surface area (Å²) in [5.74, 6) is 1.01. The molecular weight excluding hydrogens is 332 g/mol. The Kier molecular flexibility index (Phi) is 6.60. The Hall–Kier alpha value is -2.41. The molecule has 26 heavy (non-hydrogen) atoms. The molecule has 1 N–H and O–H groups in total. The fraction of sp³-hybridized carbons (Fsp3) is 0.526. The molecule has 3 rings (SSSR count). The van der Waals surface area contributed by atoms with Crippen LogP contribution in [0.3, 0.4) is 0 Å². The lowest BCUT2D eigenvalue weighted by Gasteiger charge is -2.27. The summed E-state index contributed by atoms with van der Waals surface area (Å²) in [7, 11) is 1.59. The van der Waals surface area contributed by atoms with Gasteiger partial charge < -0.3 is 19.5 Å². The number of carbonyl (C=O) groups is 1. The van der Waals surface area contributed by atoms with E-state index < -0.39 is 0 Å². The number of hydrogen-bond donors (Lipinski definition) is 1. The van der Waals surface area contributed by atoms with Gasteiger partial charge in [0.05, 0.1) is 0 Å². The molecule has 1 aromatic heterocycles. The molecule has 1 aromatic carbocycles. The van der Waals surface area contributed by atoms with Crippen molar-refractivity contribution in [3.63, 3.8) is 0 Å². The number of amides is 2. The van der Waals surface area contributed by atoms with Gasteiger partial charge in [0.15, 0.2) is 5.82 Å². The Morgan fingerprint density at radius 3 is 2.96 bits per heavy atom. The van der Waals surface area contributed by atoms with Gasteiger partial charge in [-0.1, -0.05) is 48.3 Å². The smallest absolute Gasteiger partial charge is 0.318 e. The summed E-state index contributed by atoms with van der Waals surface area (Å²) in [6.07, 6.45) is 4.77. The van der Waals surface area contributed by atoms with Crippen LogP contribution in [0.2, 0.25) is 0 Å². The number of aromatic nitrogens is 2. The van der Waals surface area contributed by atoms with Crippen molar-refractivity contribution in [1.29, 1.82) is 0 Å². The molecule has 0 bridgehead atoms. The van der Waals surface area contributed by atoms with Gasteiger partial charge in [0, 0.05) is 20.2 Å². The number of ether oxygens (including phenoxy) is 1. The SMILES string of the molecule is COCc1noc(C2CCCCCN2C(=O)NCCc2ccccc2)n1. The Labute approximate surface area is 153 Å². The summed E-state index contributed by atoms with van der Waals surface area (Å²) in [6, 6.07) is 9.90. The third-order valence-electron chi connectivity index (χ3n) is 4.59. The standard InChI is InChI=1S/C19H26N4O3/c1-25-14-17-21-18(26-22-17)16-10-6-3-7-13-23(16)19(24)20-12-11-15-8-4-2-5-9-15/h2,4-5,8-9,16H,3,6-7,10-14H2,1H3,(H,20,24). The number of benzene rings is 1. The molecule has 1 saturated heterocycles. The molecule has 7 nitrogen and oxygen atoms in total. The first-order valence-corrected chi connectivity index (χ1v) is 9.17. The fourth-order valence-corrected chi connectivity index (χ4v) is 3.26. The highest BCUT2D eigenvalue weighted by molar-refractivity contribution is 5.74. The van der Waals surface area contributed by atoms with Gasteiger partial charge >= 0.3 is 6.03 Å². The van der Waals surface area contributed by atoms with E-state index in [4.69, 9.17) is 9.26 Å². The van der Waals surface area contributed by atoms with Gasteiger partial charge in [0.1, 0.15) is 12.6 Å². The zero-order valence-electron chi connectivity index (χ0n) is 15.2. The monoisotopic (exact) mass is 358 g/mol. The highest BCUT2D eigenvalue weighted by Gasteiger charge is 2.30. The third-order valence-corrected chi connectivity index (χ3v) is 4.59. The van der Waals surface area contributed by atoms with E-state index in [0.29, 0.717) is 31.4 Å². The van der Waals surface area contributed by atoms with Crippen LogP contribution in [-0.4, -0.2) is 41.3 Å². The lowest BCUT2D eigenvalue weighted by Crippen LogP contribution is -2.43. The minimum absolute atomic E-state index is 0.0701. The Morgan fingerprint density at radius 1 is 1.31 bits per heavy atom. The predicted octanol–water partition coefficient (Wildman–Crippen LogP) is 3.09. The van der Waals surface area contributed by atoms with Crippen LogP contribution in [0.15, 0.2) is 34.9 Å². The fourth-order valence-electron chi connectivity index (χ4n) is 3.26. The number of likely N-dealkylation sites (tertiary alicyclic amines) is 1. The molecule has 1 fully saturated rings. The van der Waals surface area contributed by atoms with Crippen molar-refractivity contribution in [2.45, 2.75) is 44.8 Å². The van der Waals surface area contributed by atoms with Gasteiger partial charge in [-0.05, 0) is 24.8 Å². The van der Waals surface area contributed by atoms with E-state index in [0.717, 1.165) is 32.1 Å². The molecule has 1 aliphatic heterocycles. The quantitative estimate of drug-likeness (QED) is 0.858. The average molecular weight is 358 g/mol. The summed E-state index contributed by atoms with van der Waals surface area (Å²) in [4.78, 5) is 19.0. The number of hydrogen-bond acceptors (Lipinski definition) is 5. The van der Waals surface area contributed by atoms with Crippen molar-refractivity contribution in [2.24, 2.45) is 0 Å². The van der Waals surface area contributed by atoms with Crippen molar-refractivity contribution < 1.29 is 14.1 Å². The van der Waals surface area contributed by atoms with Crippen LogP contribution in [0, 0.1) is 0 Å². The van der Waals surface area contributed by atoms with Gasteiger partial charge in [0.25, 0.3) is 0 Å². The summed E-state index contributed by atoms with van der Waals surface area (Å²) >= 11 is 0. The Morgan fingerprint density at radius 2 is 2.15 bits per heavy atom. The molecular formula is C19H26N4O3. The molecule has 7 heteroatoms. The van der Waals surface area contributed by atoms with Crippen LogP contribution in [0.25, 0.3) is 0 Å².